The molecule has 0 spiro atoms. The predicted molar refractivity (Wildman–Crippen MR) is 105 cm³/mol. The van der Waals surface area contributed by atoms with Crippen molar-refractivity contribution in [2.75, 3.05) is 13.1 Å². The van der Waals surface area contributed by atoms with Crippen LogP contribution in [0.1, 0.15) is 53.0 Å². The van der Waals surface area contributed by atoms with Crippen molar-refractivity contribution in [3.05, 3.63) is 65.0 Å². The van der Waals surface area contributed by atoms with Crippen LogP contribution in [0.4, 0.5) is 0 Å². The molecule has 2 unspecified atom stereocenters. The summed E-state index contributed by atoms with van der Waals surface area (Å²) in [6.07, 6.45) is 3.37. The minimum Gasteiger partial charge on any atom is -0.348 e. The van der Waals surface area contributed by atoms with E-state index in [4.69, 9.17) is 0 Å². The number of aromatic nitrogens is 1. The van der Waals surface area contributed by atoms with Gasteiger partial charge in [-0.2, -0.15) is 0 Å². The maximum atomic E-state index is 12.9. The van der Waals surface area contributed by atoms with Gasteiger partial charge in [0.2, 0.25) is 5.91 Å². The molecule has 1 N–H and O–H groups in total. The summed E-state index contributed by atoms with van der Waals surface area (Å²) in [5.41, 5.74) is 3.70. The molecular weight excluding hydrogens is 338 g/mol. The fourth-order valence-corrected chi connectivity index (χ4v) is 3.69. The van der Waals surface area contributed by atoms with E-state index in [0.717, 1.165) is 29.7 Å². The van der Waals surface area contributed by atoms with Crippen molar-refractivity contribution in [1.82, 2.24) is 15.2 Å². The van der Waals surface area contributed by atoms with Gasteiger partial charge in [-0.1, -0.05) is 23.3 Å². The summed E-state index contributed by atoms with van der Waals surface area (Å²) < 4.78 is 0. The van der Waals surface area contributed by atoms with Gasteiger partial charge in [0.15, 0.2) is 0 Å². The fourth-order valence-electron chi connectivity index (χ4n) is 3.69. The van der Waals surface area contributed by atoms with Gasteiger partial charge in [0.05, 0.1) is 17.7 Å². The van der Waals surface area contributed by atoms with Gasteiger partial charge >= 0.3 is 0 Å². The van der Waals surface area contributed by atoms with Gasteiger partial charge in [-0.3, -0.25) is 14.6 Å². The van der Waals surface area contributed by atoms with Crippen LogP contribution in [0, 0.1) is 19.8 Å². The van der Waals surface area contributed by atoms with Gasteiger partial charge in [-0.25, -0.2) is 0 Å². The molecule has 0 radical (unpaired) electrons. The first-order chi connectivity index (χ1) is 12.9. The van der Waals surface area contributed by atoms with Crippen LogP contribution in [0.5, 0.6) is 0 Å². The van der Waals surface area contributed by atoms with Crippen LogP contribution < -0.4 is 5.32 Å². The zero-order valence-corrected chi connectivity index (χ0v) is 16.2. The summed E-state index contributed by atoms with van der Waals surface area (Å²) in [5, 5.41) is 3.04. The standard InChI is InChI=1S/C22H27N3O2/c1-15-11-16(2)13-19(12-15)22(27)25-10-6-7-18(14-25)21(26)24-17(3)20-8-4-5-9-23-20/h4-5,8-9,11-13,17-18H,6-7,10,14H2,1-3H3,(H,24,26). The topological polar surface area (TPSA) is 62.3 Å². The molecule has 27 heavy (non-hydrogen) atoms. The second kappa shape index (κ2) is 8.33. The Morgan fingerprint density at radius 2 is 1.93 bits per heavy atom. The molecule has 1 fully saturated rings. The van der Waals surface area contributed by atoms with Crippen LogP contribution in [0.3, 0.4) is 0 Å². The van der Waals surface area contributed by atoms with Crippen LogP contribution in [-0.2, 0) is 4.79 Å². The lowest BCUT2D eigenvalue weighted by Crippen LogP contribution is -2.46. The SMILES string of the molecule is Cc1cc(C)cc(C(=O)N2CCCC(C(=O)NC(C)c3ccccn3)C2)c1. The summed E-state index contributed by atoms with van der Waals surface area (Å²) >= 11 is 0. The van der Waals surface area contributed by atoms with Gasteiger partial charge in [-0.05, 0) is 57.9 Å². The maximum absolute atomic E-state index is 12.9. The molecule has 0 saturated carbocycles. The molecule has 2 heterocycles. The van der Waals surface area contributed by atoms with Crippen molar-refractivity contribution < 1.29 is 9.59 Å². The van der Waals surface area contributed by atoms with E-state index >= 15 is 0 Å². The molecular formula is C22H27N3O2. The van der Waals surface area contributed by atoms with Crippen molar-refractivity contribution in [2.24, 2.45) is 5.92 Å². The van der Waals surface area contributed by atoms with E-state index < -0.39 is 0 Å². The van der Waals surface area contributed by atoms with E-state index in [0.29, 0.717) is 18.7 Å². The Labute approximate surface area is 160 Å². The fraction of sp³-hybridized carbons (Fsp3) is 0.409. The van der Waals surface area contributed by atoms with Gasteiger partial charge in [0, 0.05) is 24.8 Å². The van der Waals surface area contributed by atoms with E-state index in [2.05, 4.69) is 16.4 Å². The van der Waals surface area contributed by atoms with Gasteiger partial charge < -0.3 is 10.2 Å². The number of hydrogen-bond donors (Lipinski definition) is 1. The second-order valence-electron chi connectivity index (χ2n) is 7.45. The van der Waals surface area contributed by atoms with E-state index in [1.165, 1.54) is 0 Å². The summed E-state index contributed by atoms with van der Waals surface area (Å²) in [4.78, 5) is 31.7. The van der Waals surface area contributed by atoms with Crippen molar-refractivity contribution in [3.8, 4) is 0 Å². The molecule has 2 aromatic rings. The number of amides is 2. The smallest absolute Gasteiger partial charge is 0.253 e. The van der Waals surface area contributed by atoms with Crippen LogP contribution in [0.15, 0.2) is 42.6 Å². The number of rotatable bonds is 4. The van der Waals surface area contributed by atoms with Gasteiger partial charge in [-0.15, -0.1) is 0 Å². The third-order valence-corrected chi connectivity index (χ3v) is 5.04. The normalized spacial score (nSPS) is 18.0. The van der Waals surface area contributed by atoms with E-state index in [-0.39, 0.29) is 23.8 Å². The second-order valence-corrected chi connectivity index (χ2v) is 7.45. The molecule has 1 saturated heterocycles. The summed E-state index contributed by atoms with van der Waals surface area (Å²) in [7, 11) is 0. The molecule has 0 bridgehead atoms. The number of nitrogens with zero attached hydrogens (tertiary/aromatic N) is 2. The molecule has 1 aliphatic heterocycles. The Balaban J connectivity index is 1.64. The molecule has 142 valence electrons. The third-order valence-electron chi connectivity index (χ3n) is 5.04. The predicted octanol–water partition coefficient (Wildman–Crippen LogP) is 3.43. The van der Waals surface area contributed by atoms with Crippen LogP contribution in [0.25, 0.3) is 0 Å². The van der Waals surface area contributed by atoms with Crippen molar-refractivity contribution in [2.45, 2.75) is 39.7 Å². The monoisotopic (exact) mass is 365 g/mol. The largest absolute Gasteiger partial charge is 0.348 e. The number of piperidine rings is 1. The molecule has 2 amide bonds. The maximum Gasteiger partial charge on any atom is 0.253 e. The molecule has 1 aromatic heterocycles. The van der Waals surface area contributed by atoms with Crippen molar-refractivity contribution in [3.63, 3.8) is 0 Å². The Morgan fingerprint density at radius 1 is 1.19 bits per heavy atom. The highest BCUT2D eigenvalue weighted by atomic mass is 16.2. The Morgan fingerprint density at radius 3 is 2.59 bits per heavy atom. The summed E-state index contributed by atoms with van der Waals surface area (Å²) in [6.45, 7) is 7.09. The van der Waals surface area contributed by atoms with Crippen LogP contribution in [0.2, 0.25) is 0 Å². The Bertz CT molecular complexity index is 799. The minimum atomic E-state index is -0.181. The minimum absolute atomic E-state index is 0.00826. The molecule has 2 atom stereocenters. The highest BCUT2D eigenvalue weighted by molar-refractivity contribution is 5.95. The lowest BCUT2D eigenvalue weighted by Gasteiger charge is -2.32. The molecule has 3 rings (SSSR count). The summed E-state index contributed by atoms with van der Waals surface area (Å²) in [5.74, 6) is -0.178. The Kier molecular flexibility index (Phi) is 5.89. The molecule has 5 heteroatoms. The zero-order chi connectivity index (χ0) is 19.4. The van der Waals surface area contributed by atoms with E-state index in [9.17, 15) is 9.59 Å². The number of pyridine rings is 1. The van der Waals surface area contributed by atoms with Crippen LogP contribution in [-0.4, -0.2) is 34.8 Å². The van der Waals surface area contributed by atoms with Gasteiger partial charge in [0.1, 0.15) is 0 Å². The third kappa shape index (κ3) is 4.73. The number of carbonyl (C=O) groups excluding carboxylic acids is 2. The average molecular weight is 365 g/mol. The highest BCUT2D eigenvalue weighted by Gasteiger charge is 2.29. The van der Waals surface area contributed by atoms with E-state index in [1.807, 2.05) is 56.0 Å². The highest BCUT2D eigenvalue weighted by Crippen LogP contribution is 2.21. The first-order valence-corrected chi connectivity index (χ1v) is 9.53. The lowest BCUT2D eigenvalue weighted by atomic mass is 9.95. The molecule has 1 aromatic carbocycles. The van der Waals surface area contributed by atoms with Crippen LogP contribution >= 0.6 is 0 Å². The number of likely N-dealkylation sites (tertiary alicyclic amines) is 1. The lowest BCUT2D eigenvalue weighted by molar-refractivity contribution is -0.127. The Hall–Kier alpha value is -2.69. The number of hydrogen-bond acceptors (Lipinski definition) is 3. The molecule has 1 aliphatic rings. The molecule has 0 aliphatic carbocycles. The summed E-state index contributed by atoms with van der Waals surface area (Å²) in [6, 6.07) is 11.4. The number of benzene rings is 1. The number of carbonyl (C=O) groups is 2. The first kappa shape index (κ1) is 19.1. The quantitative estimate of drug-likeness (QED) is 0.903. The molecule has 5 nitrogen and oxygen atoms in total. The van der Waals surface area contributed by atoms with Gasteiger partial charge in [0.25, 0.3) is 5.91 Å². The van der Waals surface area contributed by atoms with Crippen molar-refractivity contribution in [1.29, 1.82) is 0 Å². The zero-order valence-electron chi connectivity index (χ0n) is 16.2. The first-order valence-electron chi connectivity index (χ1n) is 9.53. The average Bonchev–Trinajstić information content (AvgIpc) is 2.67. The van der Waals surface area contributed by atoms with Crippen molar-refractivity contribution >= 4 is 11.8 Å². The number of nitrogens with one attached hydrogen (secondary N) is 1. The van der Waals surface area contributed by atoms with E-state index in [1.54, 1.807) is 6.20 Å². The number of aryl methyl sites for hydroxylation is 2.